The number of allylic oxidation sites excluding steroid dienone is 1. The second-order valence-corrected chi connectivity index (χ2v) is 7.04. The maximum atomic E-state index is 12.1. The highest BCUT2D eigenvalue weighted by atomic mass is 32.1. The summed E-state index contributed by atoms with van der Waals surface area (Å²) in [4.78, 5) is 18.6. The van der Waals surface area contributed by atoms with E-state index in [4.69, 9.17) is 0 Å². The van der Waals surface area contributed by atoms with Crippen molar-refractivity contribution in [2.24, 2.45) is 0 Å². The zero-order valence-electron chi connectivity index (χ0n) is 13.5. The smallest absolute Gasteiger partial charge is 0.239 e. The fraction of sp³-hybridized carbons (Fsp3) is 0.444. The monoisotopic (exact) mass is 329 g/mol. The van der Waals surface area contributed by atoms with Gasteiger partial charge in [-0.3, -0.25) is 4.79 Å². The number of amides is 1. The third kappa shape index (κ3) is 4.32. The molecule has 0 fully saturated rings. The van der Waals surface area contributed by atoms with Crippen LogP contribution in [0.4, 0.5) is 5.13 Å². The van der Waals surface area contributed by atoms with Gasteiger partial charge in [0.1, 0.15) is 0 Å². The lowest BCUT2D eigenvalue weighted by Gasteiger charge is -2.16. The van der Waals surface area contributed by atoms with E-state index in [0.29, 0.717) is 6.54 Å². The maximum Gasteiger partial charge on any atom is 0.239 e. The number of likely N-dealkylation sites (N-methyl/N-ethyl adjacent to an activating group) is 1. The fourth-order valence-corrected chi connectivity index (χ4v) is 3.78. The molecular formula is C18H23N3OS. The van der Waals surface area contributed by atoms with Crippen LogP contribution < -0.4 is 10.2 Å². The molecule has 0 saturated carbocycles. The maximum absolute atomic E-state index is 12.1. The first-order valence-corrected chi connectivity index (χ1v) is 9.05. The highest BCUT2D eigenvalue weighted by Crippen LogP contribution is 2.27. The molecule has 0 unspecified atom stereocenters. The number of aromatic nitrogens is 1. The number of rotatable bonds is 6. The number of nitrogens with one attached hydrogen (secondary N) is 1. The molecule has 1 N–H and O–H groups in total. The van der Waals surface area contributed by atoms with E-state index in [-0.39, 0.29) is 5.91 Å². The Labute approximate surface area is 141 Å². The lowest BCUT2D eigenvalue weighted by Crippen LogP contribution is -2.35. The molecule has 1 aromatic carbocycles. The Bertz CT molecular complexity index is 674. The van der Waals surface area contributed by atoms with Gasteiger partial charge in [-0.1, -0.05) is 35.1 Å². The van der Waals surface area contributed by atoms with Gasteiger partial charge in [-0.2, -0.15) is 0 Å². The van der Waals surface area contributed by atoms with E-state index >= 15 is 0 Å². The third-order valence-electron chi connectivity index (χ3n) is 4.14. The van der Waals surface area contributed by atoms with Crippen molar-refractivity contribution in [2.45, 2.75) is 32.1 Å². The number of nitrogens with zero attached hydrogens (tertiary/aromatic N) is 2. The van der Waals surface area contributed by atoms with E-state index in [1.807, 2.05) is 30.1 Å². The standard InChI is InChI=1S/C18H23N3OS/c1-21(18-20-15-9-5-6-10-16(15)23-18)13-17(22)19-12-11-14-7-3-2-4-8-14/h5-7,9-10H,2-4,8,11-13H2,1H3,(H,19,22). The zero-order chi connectivity index (χ0) is 16.1. The van der Waals surface area contributed by atoms with Crippen LogP contribution in [0.1, 0.15) is 32.1 Å². The molecule has 1 aliphatic rings. The van der Waals surface area contributed by atoms with Crippen LogP contribution in [-0.4, -0.2) is 31.0 Å². The Morgan fingerprint density at radius 3 is 3.00 bits per heavy atom. The van der Waals surface area contributed by atoms with Crippen molar-refractivity contribution < 1.29 is 4.79 Å². The number of fused-ring (bicyclic) bond motifs is 1. The van der Waals surface area contributed by atoms with Gasteiger partial charge in [-0.15, -0.1) is 0 Å². The van der Waals surface area contributed by atoms with Gasteiger partial charge in [0, 0.05) is 13.6 Å². The van der Waals surface area contributed by atoms with Gasteiger partial charge in [-0.25, -0.2) is 4.98 Å². The molecule has 1 aliphatic carbocycles. The quantitative estimate of drug-likeness (QED) is 0.821. The number of benzene rings is 1. The Hall–Kier alpha value is -1.88. The number of para-hydroxylation sites is 1. The van der Waals surface area contributed by atoms with Crippen molar-refractivity contribution >= 4 is 32.6 Å². The summed E-state index contributed by atoms with van der Waals surface area (Å²) in [6, 6.07) is 8.05. The summed E-state index contributed by atoms with van der Waals surface area (Å²) in [6.07, 6.45) is 8.31. The normalized spacial score (nSPS) is 14.6. The van der Waals surface area contributed by atoms with Crippen LogP contribution in [0.5, 0.6) is 0 Å². The summed E-state index contributed by atoms with van der Waals surface area (Å²) >= 11 is 1.62. The van der Waals surface area contributed by atoms with Gasteiger partial charge >= 0.3 is 0 Å². The zero-order valence-corrected chi connectivity index (χ0v) is 14.4. The van der Waals surface area contributed by atoms with Crippen molar-refractivity contribution in [3.05, 3.63) is 35.9 Å². The van der Waals surface area contributed by atoms with E-state index in [9.17, 15) is 4.79 Å². The Kier molecular flexibility index (Phi) is 5.28. The predicted molar refractivity (Wildman–Crippen MR) is 97.1 cm³/mol. The molecule has 1 heterocycles. The third-order valence-corrected chi connectivity index (χ3v) is 5.29. The molecule has 0 aliphatic heterocycles. The number of thiazole rings is 1. The Morgan fingerprint density at radius 2 is 2.22 bits per heavy atom. The van der Waals surface area contributed by atoms with Gasteiger partial charge in [0.2, 0.25) is 5.91 Å². The van der Waals surface area contributed by atoms with Crippen LogP contribution in [0.2, 0.25) is 0 Å². The summed E-state index contributed by atoms with van der Waals surface area (Å²) in [7, 11) is 1.92. The molecule has 1 aromatic heterocycles. The first kappa shape index (κ1) is 16.0. The van der Waals surface area contributed by atoms with Gasteiger partial charge in [0.25, 0.3) is 0 Å². The number of hydrogen-bond acceptors (Lipinski definition) is 4. The van der Waals surface area contributed by atoms with Crippen LogP contribution in [0.3, 0.4) is 0 Å². The average Bonchev–Trinajstić information content (AvgIpc) is 3.00. The molecule has 0 bridgehead atoms. The minimum atomic E-state index is 0.0585. The SMILES string of the molecule is CN(CC(=O)NCCC1=CCCCC1)c1nc2ccccc2s1. The van der Waals surface area contributed by atoms with E-state index in [0.717, 1.165) is 28.3 Å². The van der Waals surface area contributed by atoms with Crippen molar-refractivity contribution in [1.29, 1.82) is 0 Å². The second kappa shape index (κ2) is 7.59. The van der Waals surface area contributed by atoms with Crippen molar-refractivity contribution in [1.82, 2.24) is 10.3 Å². The molecule has 0 atom stereocenters. The Balaban J connectivity index is 1.47. The van der Waals surface area contributed by atoms with Crippen LogP contribution in [0.15, 0.2) is 35.9 Å². The molecular weight excluding hydrogens is 306 g/mol. The first-order valence-electron chi connectivity index (χ1n) is 8.24. The Morgan fingerprint density at radius 1 is 1.35 bits per heavy atom. The van der Waals surface area contributed by atoms with Crippen LogP contribution in [0, 0.1) is 0 Å². The van der Waals surface area contributed by atoms with Crippen LogP contribution in [0.25, 0.3) is 10.2 Å². The van der Waals surface area contributed by atoms with E-state index in [1.165, 1.54) is 31.3 Å². The first-order chi connectivity index (χ1) is 11.2. The van der Waals surface area contributed by atoms with Crippen LogP contribution in [-0.2, 0) is 4.79 Å². The molecule has 0 spiro atoms. The summed E-state index contributed by atoms with van der Waals surface area (Å²) in [5, 5.41) is 3.91. The van der Waals surface area contributed by atoms with Gasteiger partial charge in [0.15, 0.2) is 5.13 Å². The summed E-state index contributed by atoms with van der Waals surface area (Å²) in [6.45, 7) is 1.08. The highest BCUT2D eigenvalue weighted by Gasteiger charge is 2.12. The minimum Gasteiger partial charge on any atom is -0.354 e. The van der Waals surface area contributed by atoms with Gasteiger partial charge in [-0.05, 0) is 44.2 Å². The van der Waals surface area contributed by atoms with Crippen LogP contribution >= 0.6 is 11.3 Å². The van der Waals surface area contributed by atoms with E-state index in [1.54, 1.807) is 11.3 Å². The number of carbonyl (C=O) groups excluding carboxylic acids is 1. The highest BCUT2D eigenvalue weighted by molar-refractivity contribution is 7.22. The molecule has 1 amide bonds. The molecule has 5 heteroatoms. The molecule has 4 nitrogen and oxygen atoms in total. The minimum absolute atomic E-state index is 0.0585. The molecule has 3 rings (SSSR count). The van der Waals surface area contributed by atoms with Gasteiger partial charge < -0.3 is 10.2 Å². The van der Waals surface area contributed by atoms with Crippen molar-refractivity contribution in [3.63, 3.8) is 0 Å². The lowest BCUT2D eigenvalue weighted by molar-refractivity contribution is -0.119. The van der Waals surface area contributed by atoms with Gasteiger partial charge in [0.05, 0.1) is 16.8 Å². The topological polar surface area (TPSA) is 45.2 Å². The number of anilines is 1. The average molecular weight is 329 g/mol. The van der Waals surface area contributed by atoms with E-state index < -0.39 is 0 Å². The molecule has 0 radical (unpaired) electrons. The summed E-state index contributed by atoms with van der Waals surface area (Å²) < 4.78 is 1.15. The van der Waals surface area contributed by atoms with E-state index in [2.05, 4.69) is 22.4 Å². The second-order valence-electron chi connectivity index (χ2n) is 6.03. The fourth-order valence-electron chi connectivity index (χ4n) is 2.86. The molecule has 0 saturated heterocycles. The largest absolute Gasteiger partial charge is 0.354 e. The molecule has 2 aromatic rings. The summed E-state index contributed by atoms with van der Waals surface area (Å²) in [5.41, 5.74) is 2.49. The number of hydrogen-bond donors (Lipinski definition) is 1. The molecule has 122 valence electrons. The van der Waals surface area contributed by atoms with Crippen molar-refractivity contribution in [2.75, 3.05) is 25.0 Å². The summed E-state index contributed by atoms with van der Waals surface area (Å²) in [5.74, 6) is 0.0585. The number of carbonyl (C=O) groups is 1. The molecule has 23 heavy (non-hydrogen) atoms. The van der Waals surface area contributed by atoms with Crippen molar-refractivity contribution in [3.8, 4) is 0 Å². The lowest BCUT2D eigenvalue weighted by atomic mass is 9.97. The predicted octanol–water partition coefficient (Wildman–Crippen LogP) is 3.74.